The highest BCUT2D eigenvalue weighted by atomic mass is 32.2. The zero-order valence-corrected chi connectivity index (χ0v) is 16.4. The Morgan fingerprint density at radius 3 is 2.97 bits per heavy atom. The topological polar surface area (TPSA) is 93.3 Å². The summed E-state index contributed by atoms with van der Waals surface area (Å²) in [6, 6.07) is 5.57. The second-order valence-electron chi connectivity index (χ2n) is 7.07. The molecule has 0 saturated carbocycles. The number of H-pyrrole nitrogens is 1. The summed E-state index contributed by atoms with van der Waals surface area (Å²) in [6.07, 6.45) is 3.78. The quantitative estimate of drug-likeness (QED) is 0.454. The van der Waals surface area contributed by atoms with E-state index in [1.54, 1.807) is 6.08 Å². The number of nitrogens with one attached hydrogen (secondary N) is 2. The molecule has 5 rings (SSSR count). The smallest absolute Gasteiger partial charge is 0.257 e. The number of carbonyl (C=O) groups excluding carboxylic acids is 1. The van der Waals surface area contributed by atoms with E-state index < -0.39 is 5.92 Å². The number of benzene rings is 1. The molecule has 2 aromatic rings. The molecular formula is C21H19N3O4S. The molecule has 148 valence electrons. The Balaban J connectivity index is 1.69. The summed E-state index contributed by atoms with van der Waals surface area (Å²) >= 11 is 1.41. The van der Waals surface area contributed by atoms with Crippen LogP contribution in [-0.4, -0.2) is 28.3 Å². The van der Waals surface area contributed by atoms with Crippen molar-refractivity contribution in [3.8, 4) is 11.5 Å². The van der Waals surface area contributed by atoms with Crippen molar-refractivity contribution in [2.75, 3.05) is 17.9 Å². The molecular weight excluding hydrogens is 390 g/mol. The highest BCUT2D eigenvalue weighted by Crippen LogP contribution is 2.45. The van der Waals surface area contributed by atoms with Crippen molar-refractivity contribution >= 4 is 23.4 Å². The molecule has 0 radical (unpaired) electrons. The number of fused-ring (bicyclic) bond motifs is 2. The van der Waals surface area contributed by atoms with E-state index in [4.69, 9.17) is 9.47 Å². The van der Waals surface area contributed by atoms with Crippen molar-refractivity contribution in [1.29, 1.82) is 0 Å². The highest BCUT2D eigenvalue weighted by molar-refractivity contribution is 7.99. The van der Waals surface area contributed by atoms with Gasteiger partial charge in [0.2, 0.25) is 6.79 Å². The van der Waals surface area contributed by atoms with Gasteiger partial charge in [0.1, 0.15) is 5.82 Å². The number of hydrogen-bond donors (Lipinski definition) is 2. The SMILES string of the molecule is C=CCSc1nc2c(c(=O)[nH]1)C(c1ccc3c(c1)OCO3)C1=C(CCCC1=O)N2. The number of carbonyl (C=O) groups is 1. The van der Waals surface area contributed by atoms with E-state index in [0.29, 0.717) is 45.8 Å². The maximum atomic E-state index is 13.1. The summed E-state index contributed by atoms with van der Waals surface area (Å²) in [7, 11) is 0. The number of hydrogen-bond acceptors (Lipinski definition) is 7. The summed E-state index contributed by atoms with van der Waals surface area (Å²) in [5.74, 6) is 2.01. The number of anilines is 1. The summed E-state index contributed by atoms with van der Waals surface area (Å²) in [5, 5.41) is 3.80. The molecule has 1 atom stereocenters. The standard InChI is InChI=1S/C21H19N3O4S/c1-2-8-29-21-23-19-18(20(26)24-21)16(17-12(22-19)4-3-5-13(17)25)11-6-7-14-15(9-11)28-10-27-14/h2,6-7,9,16H,1,3-5,8,10H2,(H2,22,23,24,26). The predicted molar refractivity (Wildman–Crippen MR) is 110 cm³/mol. The number of aromatic amines is 1. The molecule has 0 amide bonds. The van der Waals surface area contributed by atoms with Crippen molar-refractivity contribution in [3.63, 3.8) is 0 Å². The van der Waals surface area contributed by atoms with E-state index in [1.165, 1.54) is 11.8 Å². The van der Waals surface area contributed by atoms with Crippen molar-refractivity contribution in [1.82, 2.24) is 9.97 Å². The molecule has 0 fully saturated rings. The number of nitrogens with zero attached hydrogens (tertiary/aromatic N) is 1. The van der Waals surface area contributed by atoms with Crippen LogP contribution in [0.4, 0.5) is 5.82 Å². The van der Waals surface area contributed by atoms with Gasteiger partial charge in [-0.25, -0.2) is 4.98 Å². The molecule has 2 N–H and O–H groups in total. The van der Waals surface area contributed by atoms with Gasteiger partial charge in [-0.1, -0.05) is 23.9 Å². The van der Waals surface area contributed by atoms with E-state index in [2.05, 4.69) is 21.9 Å². The summed E-state index contributed by atoms with van der Waals surface area (Å²) in [6.45, 7) is 3.87. The minimum Gasteiger partial charge on any atom is -0.454 e. The van der Waals surface area contributed by atoms with Gasteiger partial charge < -0.3 is 19.8 Å². The molecule has 3 heterocycles. The number of ether oxygens (including phenoxy) is 2. The first-order valence-corrected chi connectivity index (χ1v) is 10.4. The zero-order chi connectivity index (χ0) is 20.0. The lowest BCUT2D eigenvalue weighted by atomic mass is 9.76. The lowest BCUT2D eigenvalue weighted by molar-refractivity contribution is -0.116. The van der Waals surface area contributed by atoms with Gasteiger partial charge in [0.25, 0.3) is 5.56 Å². The lowest BCUT2D eigenvalue weighted by Gasteiger charge is -2.32. The van der Waals surface area contributed by atoms with Crippen LogP contribution < -0.4 is 20.3 Å². The van der Waals surface area contributed by atoms with Crippen molar-refractivity contribution in [2.45, 2.75) is 30.3 Å². The number of Topliss-reactive ketones (excluding diaryl/α,β-unsaturated/α-hetero) is 1. The Morgan fingerprint density at radius 2 is 2.10 bits per heavy atom. The van der Waals surface area contributed by atoms with Gasteiger partial charge in [0.15, 0.2) is 22.4 Å². The maximum Gasteiger partial charge on any atom is 0.257 e. The number of allylic oxidation sites excluding steroid dienone is 2. The highest BCUT2D eigenvalue weighted by Gasteiger charge is 2.38. The van der Waals surface area contributed by atoms with E-state index in [9.17, 15) is 9.59 Å². The Bertz CT molecular complexity index is 1120. The Morgan fingerprint density at radius 1 is 1.24 bits per heavy atom. The minimum atomic E-state index is -0.488. The van der Waals surface area contributed by atoms with Gasteiger partial charge in [-0.15, -0.1) is 6.58 Å². The van der Waals surface area contributed by atoms with Crippen LogP contribution in [0, 0.1) is 0 Å². The van der Waals surface area contributed by atoms with Crippen molar-refractivity contribution in [3.05, 3.63) is 63.6 Å². The molecule has 3 aliphatic rings. The van der Waals surface area contributed by atoms with Crippen LogP contribution >= 0.6 is 11.8 Å². The maximum absolute atomic E-state index is 13.1. The number of ketones is 1. The third kappa shape index (κ3) is 3.04. The largest absolute Gasteiger partial charge is 0.454 e. The molecule has 2 aliphatic heterocycles. The number of rotatable bonds is 4. The van der Waals surface area contributed by atoms with E-state index in [1.807, 2.05) is 18.2 Å². The van der Waals surface area contributed by atoms with Crippen LogP contribution in [0.15, 0.2) is 52.1 Å². The monoisotopic (exact) mass is 409 g/mol. The Kier molecular flexibility index (Phi) is 4.43. The summed E-state index contributed by atoms with van der Waals surface area (Å²) in [4.78, 5) is 33.4. The van der Waals surface area contributed by atoms with Crippen LogP contribution in [-0.2, 0) is 4.79 Å². The second-order valence-corrected chi connectivity index (χ2v) is 8.08. The first-order chi connectivity index (χ1) is 14.2. The molecule has 1 aromatic carbocycles. The molecule has 0 saturated heterocycles. The van der Waals surface area contributed by atoms with Gasteiger partial charge in [0, 0.05) is 29.4 Å². The second kappa shape index (κ2) is 7.11. The molecule has 1 aliphatic carbocycles. The molecule has 0 bridgehead atoms. The third-order valence-corrected chi connectivity index (χ3v) is 6.17. The molecule has 0 spiro atoms. The fraction of sp³-hybridized carbons (Fsp3) is 0.286. The van der Waals surface area contributed by atoms with Gasteiger partial charge in [-0.05, 0) is 30.5 Å². The summed E-state index contributed by atoms with van der Waals surface area (Å²) in [5.41, 5.74) is 2.54. The first-order valence-electron chi connectivity index (χ1n) is 9.46. The predicted octanol–water partition coefficient (Wildman–Crippen LogP) is 3.34. The molecule has 29 heavy (non-hydrogen) atoms. The first kappa shape index (κ1) is 18.1. The molecule has 8 heteroatoms. The van der Waals surface area contributed by atoms with E-state index >= 15 is 0 Å². The minimum absolute atomic E-state index is 0.0663. The van der Waals surface area contributed by atoms with Crippen LogP contribution in [0.25, 0.3) is 0 Å². The zero-order valence-electron chi connectivity index (χ0n) is 15.6. The van der Waals surface area contributed by atoms with Crippen LogP contribution in [0.3, 0.4) is 0 Å². The lowest BCUT2D eigenvalue weighted by Crippen LogP contribution is -2.32. The normalized spacial score (nSPS) is 19.4. The molecule has 1 unspecified atom stereocenters. The number of aromatic nitrogens is 2. The third-order valence-electron chi connectivity index (χ3n) is 5.30. The average Bonchev–Trinajstić information content (AvgIpc) is 3.19. The van der Waals surface area contributed by atoms with Gasteiger partial charge in [-0.2, -0.15) is 0 Å². The van der Waals surface area contributed by atoms with Crippen LogP contribution in [0.1, 0.15) is 36.3 Å². The van der Waals surface area contributed by atoms with Gasteiger partial charge >= 0.3 is 0 Å². The average molecular weight is 409 g/mol. The fourth-order valence-electron chi connectivity index (χ4n) is 4.07. The van der Waals surface area contributed by atoms with Crippen LogP contribution in [0.2, 0.25) is 0 Å². The van der Waals surface area contributed by atoms with Crippen LogP contribution in [0.5, 0.6) is 11.5 Å². The van der Waals surface area contributed by atoms with E-state index in [0.717, 1.165) is 24.1 Å². The van der Waals surface area contributed by atoms with E-state index in [-0.39, 0.29) is 18.1 Å². The Hall–Kier alpha value is -3.00. The van der Waals surface area contributed by atoms with Gasteiger partial charge in [-0.3, -0.25) is 9.59 Å². The molecule has 7 nitrogen and oxygen atoms in total. The Labute approximate surface area is 171 Å². The van der Waals surface area contributed by atoms with Crippen molar-refractivity contribution < 1.29 is 14.3 Å². The summed E-state index contributed by atoms with van der Waals surface area (Å²) < 4.78 is 10.9. The number of thioether (sulfide) groups is 1. The molecule has 1 aromatic heterocycles. The van der Waals surface area contributed by atoms with Gasteiger partial charge in [0.05, 0.1) is 5.56 Å². The van der Waals surface area contributed by atoms with Crippen molar-refractivity contribution in [2.24, 2.45) is 0 Å². The fourth-order valence-corrected chi connectivity index (χ4v) is 4.67.